The quantitative estimate of drug-likeness (QED) is 0.732. The first-order valence-electron chi connectivity index (χ1n) is 5.77. The lowest BCUT2D eigenvalue weighted by Crippen LogP contribution is -2.41. The van der Waals surface area contributed by atoms with E-state index in [-0.39, 0.29) is 5.46 Å². The predicted octanol–water partition coefficient (Wildman–Crippen LogP) is 1.79. The Balaban J connectivity index is 2.41. The molecule has 104 valence electrons. The van der Waals surface area contributed by atoms with E-state index < -0.39 is 30.2 Å². The summed E-state index contributed by atoms with van der Waals surface area (Å²) in [7, 11) is -1.12. The van der Waals surface area contributed by atoms with Gasteiger partial charge in [0.25, 0.3) is 0 Å². The molecule has 0 radical (unpaired) electrons. The summed E-state index contributed by atoms with van der Waals surface area (Å²) in [4.78, 5) is 6.92. The lowest BCUT2D eigenvalue weighted by Gasteiger charge is -2.32. The fraction of sp³-hybridized carbons (Fsp3) is 0.636. The van der Waals surface area contributed by atoms with Crippen molar-refractivity contribution in [3.05, 3.63) is 18.2 Å². The molecule has 2 heterocycles. The van der Waals surface area contributed by atoms with Gasteiger partial charge in [0.1, 0.15) is 12.0 Å². The summed E-state index contributed by atoms with van der Waals surface area (Å²) in [5.74, 6) is 0. The SMILES string of the molecule is CC1(C)OB(c2cncnc2C(F)(F)F)OC1(C)C. The molecule has 0 aromatic carbocycles. The van der Waals surface area contributed by atoms with Crippen LogP contribution in [0.5, 0.6) is 0 Å². The van der Waals surface area contributed by atoms with Crippen LogP contribution in [0.25, 0.3) is 0 Å². The van der Waals surface area contributed by atoms with Crippen LogP contribution in [-0.2, 0) is 15.5 Å². The first-order chi connectivity index (χ1) is 8.55. The Kier molecular flexibility index (Phi) is 3.14. The van der Waals surface area contributed by atoms with Crippen LogP contribution < -0.4 is 5.46 Å². The molecule has 19 heavy (non-hydrogen) atoms. The lowest BCUT2D eigenvalue weighted by atomic mass is 9.78. The van der Waals surface area contributed by atoms with Crippen LogP contribution in [0, 0.1) is 0 Å². The molecule has 2 rings (SSSR count). The first-order valence-corrected chi connectivity index (χ1v) is 5.77. The van der Waals surface area contributed by atoms with E-state index in [0.29, 0.717) is 0 Å². The average Bonchev–Trinajstić information content (AvgIpc) is 2.47. The average molecular weight is 274 g/mol. The van der Waals surface area contributed by atoms with Gasteiger partial charge in [0.05, 0.1) is 11.2 Å². The second kappa shape index (κ2) is 4.18. The summed E-state index contributed by atoms with van der Waals surface area (Å²) in [5.41, 5.74) is -2.65. The number of rotatable bonds is 1. The maximum atomic E-state index is 12.9. The van der Waals surface area contributed by atoms with Crippen LogP contribution >= 0.6 is 0 Å². The van der Waals surface area contributed by atoms with Crippen molar-refractivity contribution in [3.8, 4) is 0 Å². The third-order valence-electron chi connectivity index (χ3n) is 3.52. The molecule has 0 N–H and O–H groups in total. The fourth-order valence-electron chi connectivity index (χ4n) is 1.72. The highest BCUT2D eigenvalue weighted by Crippen LogP contribution is 2.37. The molecule has 0 aliphatic carbocycles. The van der Waals surface area contributed by atoms with Crippen LogP contribution in [0.2, 0.25) is 0 Å². The normalized spacial score (nSPS) is 21.7. The molecule has 0 amide bonds. The van der Waals surface area contributed by atoms with E-state index in [4.69, 9.17) is 9.31 Å². The molecule has 8 heteroatoms. The maximum absolute atomic E-state index is 12.9. The van der Waals surface area contributed by atoms with Gasteiger partial charge < -0.3 is 9.31 Å². The second-order valence-electron chi connectivity index (χ2n) is 5.41. The minimum atomic E-state index is -4.57. The summed E-state index contributed by atoms with van der Waals surface area (Å²) in [6, 6.07) is 0. The van der Waals surface area contributed by atoms with Gasteiger partial charge in [-0.1, -0.05) is 0 Å². The van der Waals surface area contributed by atoms with Gasteiger partial charge in [-0.15, -0.1) is 0 Å². The molecule has 0 bridgehead atoms. The molecule has 0 atom stereocenters. The summed E-state index contributed by atoms with van der Waals surface area (Å²) in [6.45, 7) is 7.07. The zero-order valence-electron chi connectivity index (χ0n) is 11.1. The molecule has 1 aromatic rings. The minimum absolute atomic E-state index is 0.200. The predicted molar refractivity (Wildman–Crippen MR) is 62.8 cm³/mol. The molecular weight excluding hydrogens is 260 g/mol. The van der Waals surface area contributed by atoms with Crippen molar-refractivity contribution < 1.29 is 22.5 Å². The standard InChI is InChI=1S/C11H14BF3N2O2/c1-9(2)10(3,4)19-12(18-9)7-5-16-6-17-8(7)11(13,14)15/h5-6H,1-4H3. The van der Waals surface area contributed by atoms with Crippen molar-refractivity contribution in [3.63, 3.8) is 0 Å². The number of alkyl halides is 3. The van der Waals surface area contributed by atoms with Gasteiger partial charge in [0, 0.05) is 11.7 Å². The van der Waals surface area contributed by atoms with E-state index >= 15 is 0 Å². The largest absolute Gasteiger partial charge is 0.498 e. The minimum Gasteiger partial charge on any atom is -0.399 e. The monoisotopic (exact) mass is 274 g/mol. The van der Waals surface area contributed by atoms with Gasteiger partial charge in [-0.3, -0.25) is 0 Å². The van der Waals surface area contributed by atoms with Gasteiger partial charge in [-0.05, 0) is 27.7 Å². The van der Waals surface area contributed by atoms with Crippen molar-refractivity contribution in [2.24, 2.45) is 0 Å². The highest BCUT2D eigenvalue weighted by atomic mass is 19.4. The van der Waals surface area contributed by atoms with E-state index in [1.807, 2.05) is 0 Å². The number of aromatic nitrogens is 2. The number of hydrogen-bond acceptors (Lipinski definition) is 4. The van der Waals surface area contributed by atoms with Gasteiger partial charge in [-0.2, -0.15) is 13.2 Å². The molecular formula is C11H14BF3N2O2. The van der Waals surface area contributed by atoms with Gasteiger partial charge in [0.15, 0.2) is 0 Å². The highest BCUT2D eigenvalue weighted by Gasteiger charge is 2.54. The Morgan fingerprint density at radius 2 is 1.63 bits per heavy atom. The summed E-state index contributed by atoms with van der Waals surface area (Å²) in [5, 5.41) is 0. The van der Waals surface area contributed by atoms with Crippen LogP contribution in [0.1, 0.15) is 33.4 Å². The Morgan fingerprint density at radius 1 is 1.11 bits per heavy atom. The fourth-order valence-corrected chi connectivity index (χ4v) is 1.72. The Bertz CT molecular complexity index is 475. The first kappa shape index (κ1) is 14.3. The Morgan fingerprint density at radius 3 is 2.11 bits per heavy atom. The number of nitrogens with zero attached hydrogens (tertiary/aromatic N) is 2. The summed E-state index contributed by atoms with van der Waals surface area (Å²) >= 11 is 0. The van der Waals surface area contributed by atoms with Gasteiger partial charge >= 0.3 is 13.3 Å². The van der Waals surface area contributed by atoms with E-state index in [2.05, 4.69) is 9.97 Å². The van der Waals surface area contributed by atoms with Crippen LogP contribution in [0.4, 0.5) is 13.2 Å². The van der Waals surface area contributed by atoms with Crippen LogP contribution in [0.15, 0.2) is 12.5 Å². The van der Waals surface area contributed by atoms with E-state index in [0.717, 1.165) is 12.5 Å². The zero-order valence-corrected chi connectivity index (χ0v) is 11.1. The van der Waals surface area contributed by atoms with E-state index in [1.54, 1.807) is 27.7 Å². The van der Waals surface area contributed by atoms with Crippen LogP contribution in [-0.4, -0.2) is 28.3 Å². The molecule has 1 fully saturated rings. The molecule has 4 nitrogen and oxygen atoms in total. The Hall–Kier alpha value is -1.15. The van der Waals surface area contributed by atoms with Crippen LogP contribution in [0.3, 0.4) is 0 Å². The van der Waals surface area contributed by atoms with Crippen molar-refractivity contribution in [2.45, 2.75) is 45.1 Å². The third kappa shape index (κ3) is 2.46. The molecule has 1 aliphatic rings. The zero-order chi connectivity index (χ0) is 14.5. The maximum Gasteiger partial charge on any atom is 0.498 e. The van der Waals surface area contributed by atoms with Crippen molar-refractivity contribution >= 4 is 12.6 Å². The third-order valence-corrected chi connectivity index (χ3v) is 3.52. The van der Waals surface area contributed by atoms with Crippen molar-refractivity contribution in [2.75, 3.05) is 0 Å². The molecule has 0 unspecified atom stereocenters. The van der Waals surface area contributed by atoms with Crippen molar-refractivity contribution in [1.82, 2.24) is 9.97 Å². The molecule has 1 saturated heterocycles. The van der Waals surface area contributed by atoms with Gasteiger partial charge in [-0.25, -0.2) is 9.97 Å². The van der Waals surface area contributed by atoms with E-state index in [9.17, 15) is 13.2 Å². The number of halogens is 3. The molecule has 1 aromatic heterocycles. The number of hydrogen-bond donors (Lipinski definition) is 0. The van der Waals surface area contributed by atoms with Crippen molar-refractivity contribution in [1.29, 1.82) is 0 Å². The van der Waals surface area contributed by atoms with E-state index in [1.165, 1.54) is 0 Å². The topological polar surface area (TPSA) is 44.2 Å². The summed E-state index contributed by atoms with van der Waals surface area (Å²) in [6.07, 6.45) is -2.63. The van der Waals surface area contributed by atoms with Gasteiger partial charge in [0.2, 0.25) is 0 Å². The molecule has 0 spiro atoms. The smallest absolute Gasteiger partial charge is 0.399 e. The molecule has 0 saturated carbocycles. The summed E-state index contributed by atoms with van der Waals surface area (Å²) < 4.78 is 49.8. The Labute approximate surface area is 109 Å². The second-order valence-corrected chi connectivity index (χ2v) is 5.41. The lowest BCUT2D eigenvalue weighted by molar-refractivity contribution is -0.140. The molecule has 1 aliphatic heterocycles. The highest BCUT2D eigenvalue weighted by molar-refractivity contribution is 6.62.